The molecule has 2 aromatic carbocycles. The highest BCUT2D eigenvalue weighted by Crippen LogP contribution is 2.32. The van der Waals surface area contributed by atoms with E-state index >= 15 is 4.39 Å². The molecule has 5 aromatic rings. The van der Waals surface area contributed by atoms with Crippen molar-refractivity contribution < 1.29 is 18.5 Å². The van der Waals surface area contributed by atoms with Crippen molar-refractivity contribution in [2.45, 2.75) is 27.3 Å². The van der Waals surface area contributed by atoms with E-state index in [0.29, 0.717) is 11.2 Å². The lowest BCUT2D eigenvalue weighted by Gasteiger charge is -2.12. The first-order chi connectivity index (χ1) is 16.7. The summed E-state index contributed by atoms with van der Waals surface area (Å²) in [7, 11) is 0. The molecule has 1 N–H and O–H groups in total. The Kier molecular flexibility index (Phi) is 5.68. The van der Waals surface area contributed by atoms with E-state index in [1.165, 1.54) is 40.0 Å². The standard InChI is InChI=1S/C27H21F2N3O2S/c1-15-6-8-20(23(29)11-15)18-7-9-22(28)21(12-18)24-26(33)31-10-4-5-16(2)25(31)32(27(24)34)14-19-13-30-17(3)35-19/h4-13H,14H2,1-3H3/p+1. The predicted molar refractivity (Wildman–Crippen MR) is 132 cm³/mol. The average molecular weight is 491 g/mol. The molecule has 0 saturated carbocycles. The van der Waals surface area contributed by atoms with Crippen molar-refractivity contribution in [3.05, 3.63) is 104 Å². The highest BCUT2D eigenvalue weighted by atomic mass is 32.1. The fourth-order valence-corrected chi connectivity index (χ4v) is 5.11. The van der Waals surface area contributed by atoms with Crippen LogP contribution in [0.5, 0.6) is 5.88 Å². The van der Waals surface area contributed by atoms with E-state index in [2.05, 4.69) is 4.98 Å². The molecule has 35 heavy (non-hydrogen) atoms. The molecular formula is C27H22F2N3O2S+. The van der Waals surface area contributed by atoms with Crippen LogP contribution in [0.2, 0.25) is 0 Å². The van der Waals surface area contributed by atoms with Gasteiger partial charge in [0.2, 0.25) is 0 Å². The lowest BCUT2D eigenvalue weighted by Crippen LogP contribution is -2.41. The van der Waals surface area contributed by atoms with Gasteiger partial charge in [0, 0.05) is 22.9 Å². The molecule has 8 heteroatoms. The SMILES string of the molecule is Cc1ccc(-c2ccc(F)c(-c3c(O)[n+](Cc4cnc(C)s4)c4c(C)cccn4c3=O)c2)c(F)c1. The van der Waals surface area contributed by atoms with E-state index in [-0.39, 0.29) is 29.1 Å². The zero-order chi connectivity index (χ0) is 24.9. The average Bonchev–Trinajstić information content (AvgIpc) is 3.23. The monoisotopic (exact) mass is 490 g/mol. The fourth-order valence-electron chi connectivity index (χ4n) is 4.33. The molecule has 0 amide bonds. The van der Waals surface area contributed by atoms with Gasteiger partial charge in [-0.15, -0.1) is 11.3 Å². The molecule has 5 nitrogen and oxygen atoms in total. The fraction of sp³-hybridized carbons (Fsp3) is 0.148. The number of aromatic hydroxyl groups is 1. The maximum Gasteiger partial charge on any atom is 0.354 e. The molecule has 0 saturated heterocycles. The Morgan fingerprint density at radius 1 is 1.03 bits per heavy atom. The van der Waals surface area contributed by atoms with Gasteiger partial charge in [0.25, 0.3) is 11.5 Å². The van der Waals surface area contributed by atoms with Gasteiger partial charge in [-0.2, -0.15) is 8.97 Å². The van der Waals surface area contributed by atoms with Crippen LogP contribution in [0.4, 0.5) is 8.78 Å². The highest BCUT2D eigenvalue weighted by molar-refractivity contribution is 7.11. The number of thiazole rings is 1. The van der Waals surface area contributed by atoms with Crippen LogP contribution in [0, 0.1) is 32.4 Å². The highest BCUT2D eigenvalue weighted by Gasteiger charge is 2.29. The van der Waals surface area contributed by atoms with Gasteiger partial charge in [-0.25, -0.2) is 18.6 Å². The third-order valence-corrected chi connectivity index (χ3v) is 6.88. The summed E-state index contributed by atoms with van der Waals surface area (Å²) in [4.78, 5) is 18.7. The lowest BCUT2D eigenvalue weighted by molar-refractivity contribution is -0.671. The van der Waals surface area contributed by atoms with Gasteiger partial charge in [0.05, 0.1) is 16.1 Å². The Morgan fingerprint density at radius 3 is 2.54 bits per heavy atom. The van der Waals surface area contributed by atoms with Crippen molar-refractivity contribution in [1.82, 2.24) is 9.38 Å². The summed E-state index contributed by atoms with van der Waals surface area (Å²) in [6.07, 6.45) is 3.30. The molecule has 0 radical (unpaired) electrons. The molecule has 0 unspecified atom stereocenters. The molecule has 176 valence electrons. The van der Waals surface area contributed by atoms with E-state index in [4.69, 9.17) is 0 Å². The Balaban J connectivity index is 1.79. The van der Waals surface area contributed by atoms with E-state index in [9.17, 15) is 14.3 Å². The Morgan fingerprint density at radius 2 is 1.83 bits per heavy atom. The van der Waals surface area contributed by atoms with Crippen molar-refractivity contribution in [3.63, 3.8) is 0 Å². The summed E-state index contributed by atoms with van der Waals surface area (Å²) in [6, 6.07) is 12.4. The number of nitrogens with zero attached hydrogens (tertiary/aromatic N) is 3. The van der Waals surface area contributed by atoms with Gasteiger partial charge in [-0.3, -0.25) is 0 Å². The van der Waals surface area contributed by atoms with Gasteiger partial charge in [-0.05, 0) is 62.2 Å². The second kappa shape index (κ2) is 8.70. The molecule has 0 fully saturated rings. The number of pyridine rings is 1. The summed E-state index contributed by atoms with van der Waals surface area (Å²) in [5.41, 5.74) is 1.83. The van der Waals surface area contributed by atoms with Crippen molar-refractivity contribution in [1.29, 1.82) is 0 Å². The van der Waals surface area contributed by atoms with Crippen LogP contribution in [0.1, 0.15) is 21.0 Å². The number of benzene rings is 2. The molecule has 3 heterocycles. The van der Waals surface area contributed by atoms with Crippen LogP contribution in [0.3, 0.4) is 0 Å². The van der Waals surface area contributed by atoms with E-state index in [0.717, 1.165) is 21.0 Å². The smallest absolute Gasteiger partial charge is 0.354 e. The van der Waals surface area contributed by atoms with Gasteiger partial charge < -0.3 is 5.11 Å². The molecule has 0 aliphatic rings. The van der Waals surface area contributed by atoms with Gasteiger partial charge in [-0.1, -0.05) is 18.2 Å². The summed E-state index contributed by atoms with van der Waals surface area (Å²) in [5.74, 6) is -1.51. The Labute approximate surface area is 204 Å². The summed E-state index contributed by atoms with van der Waals surface area (Å²) < 4.78 is 32.8. The minimum atomic E-state index is -0.693. The summed E-state index contributed by atoms with van der Waals surface area (Å²) >= 11 is 1.47. The third-order valence-electron chi connectivity index (χ3n) is 5.98. The quantitative estimate of drug-likeness (QED) is 0.346. The number of halogens is 2. The Hall–Kier alpha value is -3.91. The molecule has 0 atom stereocenters. The van der Waals surface area contributed by atoms with E-state index in [1.54, 1.807) is 42.1 Å². The first kappa shape index (κ1) is 22.9. The maximum atomic E-state index is 15.2. The van der Waals surface area contributed by atoms with Crippen LogP contribution < -0.4 is 10.1 Å². The first-order valence-corrected chi connectivity index (χ1v) is 11.8. The van der Waals surface area contributed by atoms with Crippen LogP contribution in [0.25, 0.3) is 27.9 Å². The van der Waals surface area contributed by atoms with Crippen LogP contribution in [0.15, 0.2) is 65.7 Å². The van der Waals surface area contributed by atoms with Crippen LogP contribution >= 0.6 is 11.3 Å². The maximum absolute atomic E-state index is 15.2. The number of fused-ring (bicyclic) bond motifs is 1. The molecule has 0 spiro atoms. The second-order valence-corrected chi connectivity index (χ2v) is 9.82. The second-order valence-electron chi connectivity index (χ2n) is 8.50. The minimum Gasteiger partial charge on any atom is -0.477 e. The minimum absolute atomic E-state index is 0.102. The summed E-state index contributed by atoms with van der Waals surface area (Å²) in [6.45, 7) is 5.74. The van der Waals surface area contributed by atoms with Gasteiger partial charge in [0.1, 0.15) is 18.2 Å². The molecule has 5 rings (SSSR count). The van der Waals surface area contributed by atoms with Crippen molar-refractivity contribution in [2.24, 2.45) is 0 Å². The van der Waals surface area contributed by atoms with Crippen molar-refractivity contribution in [2.75, 3.05) is 0 Å². The number of aryl methyl sites for hydroxylation is 3. The Bertz CT molecular complexity index is 1670. The number of rotatable bonds is 4. The first-order valence-electron chi connectivity index (χ1n) is 11.0. The molecule has 0 aliphatic carbocycles. The molecule has 0 bridgehead atoms. The predicted octanol–water partition coefficient (Wildman–Crippen LogP) is 5.33. The zero-order valence-corrected chi connectivity index (χ0v) is 20.2. The zero-order valence-electron chi connectivity index (χ0n) is 19.3. The van der Waals surface area contributed by atoms with E-state index in [1.807, 2.05) is 19.9 Å². The normalized spacial score (nSPS) is 11.3. The summed E-state index contributed by atoms with van der Waals surface area (Å²) in [5, 5.41) is 12.3. The van der Waals surface area contributed by atoms with Gasteiger partial charge >= 0.3 is 5.56 Å². The number of hydrogen-bond donors (Lipinski definition) is 1. The number of aromatic nitrogens is 3. The molecule has 3 aromatic heterocycles. The number of hydrogen-bond acceptors (Lipinski definition) is 4. The lowest BCUT2D eigenvalue weighted by atomic mass is 9.98. The van der Waals surface area contributed by atoms with Crippen molar-refractivity contribution >= 4 is 17.0 Å². The topological polar surface area (TPSA) is 58.5 Å². The largest absolute Gasteiger partial charge is 0.477 e. The third kappa shape index (κ3) is 4.00. The van der Waals surface area contributed by atoms with Crippen LogP contribution in [-0.2, 0) is 6.54 Å². The van der Waals surface area contributed by atoms with Gasteiger partial charge in [0.15, 0.2) is 5.56 Å². The molecular weight excluding hydrogens is 468 g/mol. The van der Waals surface area contributed by atoms with Crippen LogP contribution in [-0.4, -0.2) is 14.5 Å². The van der Waals surface area contributed by atoms with E-state index < -0.39 is 17.2 Å². The molecule has 0 aliphatic heterocycles. The van der Waals surface area contributed by atoms with Crippen molar-refractivity contribution in [3.8, 4) is 28.1 Å².